The molecule has 1 aromatic heterocycles. The zero-order chi connectivity index (χ0) is 14.9. The molecule has 0 radical (unpaired) electrons. The summed E-state index contributed by atoms with van der Waals surface area (Å²) in [5.74, 6) is 0.748. The van der Waals surface area contributed by atoms with Gasteiger partial charge in [-0.1, -0.05) is 12.1 Å². The third kappa shape index (κ3) is 3.13. The van der Waals surface area contributed by atoms with Gasteiger partial charge in [0.1, 0.15) is 6.10 Å². The monoisotopic (exact) mass is 295 g/mol. The smallest absolute Gasteiger partial charge is 0.416 e. The molecule has 21 heavy (non-hydrogen) atoms. The Hall–Kier alpha value is -2.15. The molecule has 1 saturated heterocycles. The summed E-state index contributed by atoms with van der Waals surface area (Å²) in [5.41, 5.74) is -0.397. The summed E-state index contributed by atoms with van der Waals surface area (Å²) in [6, 6.07) is 4.93. The highest BCUT2D eigenvalue weighted by molar-refractivity contribution is 5.56. The van der Waals surface area contributed by atoms with Crippen molar-refractivity contribution in [1.29, 1.82) is 0 Å². The second kappa shape index (κ2) is 5.33. The van der Waals surface area contributed by atoms with Crippen molar-refractivity contribution < 1.29 is 17.9 Å². The molecule has 3 rings (SSSR count). The minimum atomic E-state index is -4.38. The summed E-state index contributed by atoms with van der Waals surface area (Å²) in [7, 11) is 0. The van der Waals surface area contributed by atoms with Crippen LogP contribution >= 0.6 is 0 Å². The Bertz CT molecular complexity index is 624. The number of hydrogen-bond acceptors (Lipinski definition) is 4. The van der Waals surface area contributed by atoms with Crippen molar-refractivity contribution >= 4 is 0 Å². The maximum absolute atomic E-state index is 12.7. The van der Waals surface area contributed by atoms with E-state index in [1.165, 1.54) is 18.5 Å². The van der Waals surface area contributed by atoms with Crippen molar-refractivity contribution in [2.45, 2.75) is 12.3 Å². The molecule has 0 saturated carbocycles. The molecular formula is C14H12F3N3O. The molecule has 0 aliphatic carbocycles. The fourth-order valence-corrected chi connectivity index (χ4v) is 1.90. The van der Waals surface area contributed by atoms with Gasteiger partial charge in [-0.3, -0.25) is 0 Å². The molecule has 1 fully saturated rings. The molecule has 1 aliphatic heterocycles. The van der Waals surface area contributed by atoms with E-state index in [9.17, 15) is 13.2 Å². The molecule has 0 atom stereocenters. The van der Waals surface area contributed by atoms with Gasteiger partial charge in [0.25, 0.3) is 0 Å². The molecule has 7 heteroatoms. The van der Waals surface area contributed by atoms with Crippen LogP contribution in [0.3, 0.4) is 0 Å². The van der Waals surface area contributed by atoms with Crippen LogP contribution in [0.4, 0.5) is 13.2 Å². The van der Waals surface area contributed by atoms with Crippen molar-refractivity contribution in [3.63, 3.8) is 0 Å². The minimum absolute atomic E-state index is 0.105. The van der Waals surface area contributed by atoms with Crippen molar-refractivity contribution in [2.24, 2.45) is 0 Å². The fourth-order valence-electron chi connectivity index (χ4n) is 1.90. The summed E-state index contributed by atoms with van der Waals surface area (Å²) in [6.45, 7) is 1.55. The van der Waals surface area contributed by atoms with E-state index < -0.39 is 11.7 Å². The van der Waals surface area contributed by atoms with Gasteiger partial charge in [0.05, 0.1) is 18.0 Å². The summed E-state index contributed by atoms with van der Waals surface area (Å²) in [6.07, 6.45) is -1.33. The molecule has 1 N–H and O–H groups in total. The van der Waals surface area contributed by atoms with Crippen LogP contribution < -0.4 is 10.1 Å². The number of halogens is 3. The lowest BCUT2D eigenvalue weighted by atomic mass is 10.1. The summed E-state index contributed by atoms with van der Waals surface area (Å²) in [4.78, 5) is 8.12. The average molecular weight is 295 g/mol. The van der Waals surface area contributed by atoms with Crippen LogP contribution in [0.15, 0.2) is 36.7 Å². The van der Waals surface area contributed by atoms with Gasteiger partial charge < -0.3 is 10.1 Å². The predicted octanol–water partition coefficient (Wildman–Crippen LogP) is 2.51. The van der Waals surface area contributed by atoms with Gasteiger partial charge in [0.15, 0.2) is 11.6 Å². The van der Waals surface area contributed by atoms with Gasteiger partial charge in [0, 0.05) is 18.7 Å². The van der Waals surface area contributed by atoms with Crippen LogP contribution in [0.25, 0.3) is 11.4 Å². The molecule has 1 aromatic carbocycles. The van der Waals surface area contributed by atoms with E-state index in [4.69, 9.17) is 4.74 Å². The average Bonchev–Trinajstić information content (AvgIpc) is 2.43. The highest BCUT2D eigenvalue weighted by Crippen LogP contribution is 2.31. The Balaban J connectivity index is 1.80. The van der Waals surface area contributed by atoms with E-state index in [2.05, 4.69) is 15.3 Å². The Morgan fingerprint density at radius 2 is 1.86 bits per heavy atom. The third-order valence-corrected chi connectivity index (χ3v) is 3.12. The van der Waals surface area contributed by atoms with Gasteiger partial charge in [-0.15, -0.1) is 0 Å². The number of nitrogens with zero attached hydrogens (tertiary/aromatic N) is 2. The summed E-state index contributed by atoms with van der Waals surface area (Å²) < 4.78 is 43.6. The van der Waals surface area contributed by atoms with Gasteiger partial charge in [-0.2, -0.15) is 13.2 Å². The number of hydrogen-bond donors (Lipinski definition) is 1. The number of rotatable bonds is 3. The lowest BCUT2D eigenvalue weighted by Crippen LogP contribution is -2.50. The van der Waals surface area contributed by atoms with E-state index in [1.54, 1.807) is 6.07 Å². The predicted molar refractivity (Wildman–Crippen MR) is 69.8 cm³/mol. The standard InChI is InChI=1S/C14H12F3N3O/c15-14(16,17)10-3-1-2-9(4-10)13-19-7-12(8-20-13)21-11-5-18-6-11/h1-4,7-8,11,18H,5-6H2. The van der Waals surface area contributed by atoms with E-state index >= 15 is 0 Å². The Morgan fingerprint density at radius 3 is 2.43 bits per heavy atom. The zero-order valence-electron chi connectivity index (χ0n) is 10.9. The van der Waals surface area contributed by atoms with Crippen LogP contribution in [0.5, 0.6) is 5.75 Å². The molecule has 0 unspecified atom stereocenters. The molecule has 0 spiro atoms. The van der Waals surface area contributed by atoms with E-state index in [0.717, 1.165) is 25.2 Å². The number of benzene rings is 1. The van der Waals surface area contributed by atoms with E-state index in [1.807, 2.05) is 0 Å². The second-order valence-corrected chi connectivity index (χ2v) is 4.72. The van der Waals surface area contributed by atoms with Gasteiger partial charge in [0.2, 0.25) is 0 Å². The van der Waals surface area contributed by atoms with Crippen LogP contribution in [0, 0.1) is 0 Å². The number of nitrogens with one attached hydrogen (secondary N) is 1. The quantitative estimate of drug-likeness (QED) is 0.945. The highest BCUT2D eigenvalue weighted by atomic mass is 19.4. The van der Waals surface area contributed by atoms with Crippen molar-refractivity contribution in [3.05, 3.63) is 42.2 Å². The zero-order valence-corrected chi connectivity index (χ0v) is 10.9. The highest BCUT2D eigenvalue weighted by Gasteiger charge is 2.30. The molecule has 2 heterocycles. The molecule has 0 bridgehead atoms. The SMILES string of the molecule is FC(F)(F)c1cccc(-c2ncc(OC3CNC3)cn2)c1. The Morgan fingerprint density at radius 1 is 1.14 bits per heavy atom. The molecule has 4 nitrogen and oxygen atoms in total. The topological polar surface area (TPSA) is 47.0 Å². The first-order valence-corrected chi connectivity index (χ1v) is 6.39. The summed E-state index contributed by atoms with van der Waals surface area (Å²) >= 11 is 0. The molecule has 1 aliphatic rings. The fraction of sp³-hybridized carbons (Fsp3) is 0.286. The van der Waals surface area contributed by atoms with Gasteiger partial charge in [-0.25, -0.2) is 9.97 Å². The first-order chi connectivity index (χ1) is 10.0. The lowest BCUT2D eigenvalue weighted by Gasteiger charge is -2.27. The summed E-state index contributed by atoms with van der Waals surface area (Å²) in [5, 5.41) is 3.07. The number of ether oxygens (including phenoxy) is 1. The second-order valence-electron chi connectivity index (χ2n) is 4.72. The number of aromatic nitrogens is 2. The van der Waals surface area contributed by atoms with Gasteiger partial charge >= 0.3 is 6.18 Å². The van der Waals surface area contributed by atoms with Crippen molar-refractivity contribution in [2.75, 3.05) is 13.1 Å². The maximum atomic E-state index is 12.7. The van der Waals surface area contributed by atoms with Crippen LogP contribution in [-0.4, -0.2) is 29.2 Å². The molecule has 0 amide bonds. The van der Waals surface area contributed by atoms with Crippen LogP contribution in [0.1, 0.15) is 5.56 Å². The molecule has 2 aromatic rings. The Labute approximate surface area is 119 Å². The molecular weight excluding hydrogens is 283 g/mol. The maximum Gasteiger partial charge on any atom is 0.416 e. The Kier molecular flexibility index (Phi) is 3.50. The first kappa shape index (κ1) is 13.8. The van der Waals surface area contributed by atoms with Crippen molar-refractivity contribution in [3.8, 4) is 17.1 Å². The normalized spacial score (nSPS) is 15.6. The van der Waals surface area contributed by atoms with Crippen LogP contribution in [-0.2, 0) is 6.18 Å². The van der Waals surface area contributed by atoms with Crippen LogP contribution in [0.2, 0.25) is 0 Å². The van der Waals surface area contributed by atoms with E-state index in [-0.39, 0.29) is 11.9 Å². The first-order valence-electron chi connectivity index (χ1n) is 6.39. The number of alkyl halides is 3. The largest absolute Gasteiger partial charge is 0.485 e. The molecule has 110 valence electrons. The van der Waals surface area contributed by atoms with Crippen molar-refractivity contribution in [1.82, 2.24) is 15.3 Å². The third-order valence-electron chi connectivity index (χ3n) is 3.12. The lowest BCUT2D eigenvalue weighted by molar-refractivity contribution is -0.137. The minimum Gasteiger partial charge on any atom is -0.485 e. The van der Waals surface area contributed by atoms with E-state index in [0.29, 0.717) is 11.3 Å². The van der Waals surface area contributed by atoms with Gasteiger partial charge in [-0.05, 0) is 12.1 Å².